The molecule has 3 N–H and O–H groups in total. The van der Waals surface area contributed by atoms with Crippen molar-refractivity contribution in [3.8, 4) is 5.75 Å². The highest BCUT2D eigenvalue weighted by Gasteiger charge is 2.13. The summed E-state index contributed by atoms with van der Waals surface area (Å²) in [6, 6.07) is 15.4. The van der Waals surface area contributed by atoms with Crippen LogP contribution in [0.25, 0.3) is 0 Å². The van der Waals surface area contributed by atoms with Gasteiger partial charge < -0.3 is 10.5 Å². The number of amides is 1. The number of aromatic nitrogens is 1. The number of nitrogens with zero attached hydrogens (tertiary/aromatic N) is 2. The molecular weight excluding hydrogens is 428 g/mol. The molecule has 27 heavy (non-hydrogen) atoms. The number of carbonyl (C=O) groups excluding carboxylic acids is 1. The summed E-state index contributed by atoms with van der Waals surface area (Å²) in [6.45, 7) is 2.17. The van der Waals surface area contributed by atoms with Gasteiger partial charge in [-0.1, -0.05) is 51.5 Å². The zero-order chi connectivity index (χ0) is 19.2. The number of anilines is 1. The third-order valence-electron chi connectivity index (χ3n) is 3.62. The molecule has 0 fully saturated rings. The second-order valence-corrected chi connectivity index (χ2v) is 7.57. The second-order valence-electron chi connectivity index (χ2n) is 5.62. The zero-order valence-electron chi connectivity index (χ0n) is 14.5. The highest BCUT2D eigenvalue weighted by molar-refractivity contribution is 9.10. The van der Waals surface area contributed by atoms with E-state index in [0.717, 1.165) is 26.9 Å². The number of para-hydroxylation sites is 1. The molecule has 0 aliphatic rings. The number of nitrogen functional groups attached to an aromatic ring is 1. The van der Waals surface area contributed by atoms with Gasteiger partial charge in [0.05, 0.1) is 11.9 Å². The number of benzene rings is 2. The molecule has 2 aromatic carbocycles. The van der Waals surface area contributed by atoms with Crippen LogP contribution in [0.5, 0.6) is 5.75 Å². The van der Waals surface area contributed by atoms with Crippen molar-refractivity contribution in [2.75, 3.05) is 5.73 Å². The first kappa shape index (κ1) is 19.1. The predicted molar refractivity (Wildman–Crippen MR) is 111 cm³/mol. The molecule has 8 heteroatoms. The Morgan fingerprint density at radius 3 is 2.74 bits per heavy atom. The Bertz CT molecular complexity index is 970. The summed E-state index contributed by atoms with van der Waals surface area (Å²) < 4.78 is 6.90. The third kappa shape index (κ3) is 5.15. The van der Waals surface area contributed by atoms with Crippen molar-refractivity contribution in [2.24, 2.45) is 5.10 Å². The number of hydrogen-bond donors (Lipinski definition) is 2. The van der Waals surface area contributed by atoms with Gasteiger partial charge in [0, 0.05) is 10.0 Å². The maximum atomic E-state index is 12.1. The van der Waals surface area contributed by atoms with Gasteiger partial charge in [-0.25, -0.2) is 10.4 Å². The minimum absolute atomic E-state index is 0.341. The zero-order valence-corrected chi connectivity index (χ0v) is 16.9. The molecule has 0 aliphatic heterocycles. The van der Waals surface area contributed by atoms with Gasteiger partial charge in [-0.15, -0.1) is 0 Å². The molecule has 0 aliphatic carbocycles. The molecule has 0 bridgehead atoms. The Balaban J connectivity index is 1.64. The summed E-state index contributed by atoms with van der Waals surface area (Å²) in [4.78, 5) is 16.6. The lowest BCUT2D eigenvalue weighted by Crippen LogP contribution is -2.17. The molecule has 0 saturated carbocycles. The van der Waals surface area contributed by atoms with E-state index in [2.05, 4.69) is 31.4 Å². The van der Waals surface area contributed by atoms with Crippen molar-refractivity contribution < 1.29 is 9.53 Å². The summed E-state index contributed by atoms with van der Waals surface area (Å²) in [5.74, 6) is 0.336. The lowest BCUT2D eigenvalue weighted by Gasteiger charge is -2.09. The third-order valence-corrected chi connectivity index (χ3v) is 5.13. The molecule has 6 nitrogen and oxygen atoms in total. The largest absolute Gasteiger partial charge is 0.488 e. The molecule has 0 saturated heterocycles. The van der Waals surface area contributed by atoms with Crippen LogP contribution < -0.4 is 15.9 Å². The number of ether oxygens (including phenoxy) is 1. The first-order chi connectivity index (χ1) is 13.0. The Morgan fingerprint density at radius 1 is 1.30 bits per heavy atom. The normalized spacial score (nSPS) is 10.9. The van der Waals surface area contributed by atoms with Gasteiger partial charge >= 0.3 is 0 Å². The van der Waals surface area contributed by atoms with Crippen LogP contribution in [-0.2, 0) is 6.61 Å². The van der Waals surface area contributed by atoms with E-state index in [4.69, 9.17) is 10.5 Å². The maximum Gasteiger partial charge on any atom is 0.283 e. The number of thiazole rings is 1. The number of hydrazone groups is 1. The van der Waals surface area contributed by atoms with Gasteiger partial charge in [-0.3, -0.25) is 4.79 Å². The highest BCUT2D eigenvalue weighted by Crippen LogP contribution is 2.20. The number of rotatable bonds is 6. The Morgan fingerprint density at radius 2 is 2.04 bits per heavy atom. The van der Waals surface area contributed by atoms with Gasteiger partial charge in [0.25, 0.3) is 5.91 Å². The molecule has 0 unspecified atom stereocenters. The van der Waals surface area contributed by atoms with Crippen molar-refractivity contribution in [2.45, 2.75) is 13.5 Å². The second kappa shape index (κ2) is 8.79. The Labute approximate surface area is 169 Å². The molecule has 0 atom stereocenters. The average Bonchev–Trinajstić information content (AvgIpc) is 3.00. The van der Waals surface area contributed by atoms with E-state index in [-0.39, 0.29) is 5.91 Å². The topological polar surface area (TPSA) is 89.6 Å². The Hall–Kier alpha value is -2.71. The van der Waals surface area contributed by atoms with Crippen molar-refractivity contribution in [3.05, 3.63) is 74.7 Å². The van der Waals surface area contributed by atoms with Gasteiger partial charge in [0.1, 0.15) is 17.2 Å². The lowest BCUT2D eigenvalue weighted by atomic mass is 10.2. The van der Waals surface area contributed by atoms with Crippen molar-refractivity contribution in [1.82, 2.24) is 10.4 Å². The molecule has 0 spiro atoms. The van der Waals surface area contributed by atoms with E-state index in [9.17, 15) is 4.79 Å². The van der Waals surface area contributed by atoms with E-state index < -0.39 is 0 Å². The van der Waals surface area contributed by atoms with E-state index >= 15 is 0 Å². The summed E-state index contributed by atoms with van der Waals surface area (Å²) in [6.07, 6.45) is 1.55. The van der Waals surface area contributed by atoms with Crippen molar-refractivity contribution >= 4 is 44.5 Å². The number of aryl methyl sites for hydroxylation is 1. The standard InChI is InChI=1S/C19H17BrN4O2S/c1-12-17(27-19(21)23-12)18(25)24-22-10-14-4-2-3-5-16(14)26-11-13-6-8-15(20)9-7-13/h2-10H,11H2,1H3,(H2,21,23)(H,24,25)/b22-10+. The minimum atomic E-state index is -0.341. The fourth-order valence-electron chi connectivity index (χ4n) is 2.30. The highest BCUT2D eigenvalue weighted by atomic mass is 79.9. The van der Waals surface area contributed by atoms with E-state index in [0.29, 0.717) is 28.1 Å². The number of nitrogens with one attached hydrogen (secondary N) is 1. The monoisotopic (exact) mass is 444 g/mol. The van der Waals surface area contributed by atoms with Crippen LogP contribution in [0.3, 0.4) is 0 Å². The molecule has 138 valence electrons. The fraction of sp³-hybridized carbons (Fsp3) is 0.105. The summed E-state index contributed by atoms with van der Waals surface area (Å²) in [5, 5.41) is 4.38. The van der Waals surface area contributed by atoms with Gasteiger partial charge in [0.15, 0.2) is 5.13 Å². The van der Waals surface area contributed by atoms with Crippen LogP contribution in [0.4, 0.5) is 5.13 Å². The average molecular weight is 445 g/mol. The first-order valence-electron chi connectivity index (χ1n) is 8.05. The van der Waals surface area contributed by atoms with Crippen LogP contribution in [-0.4, -0.2) is 17.1 Å². The van der Waals surface area contributed by atoms with E-state index in [1.165, 1.54) is 0 Å². The molecular formula is C19H17BrN4O2S. The molecule has 1 heterocycles. The predicted octanol–water partition coefficient (Wildman–Crippen LogP) is 4.14. The summed E-state index contributed by atoms with van der Waals surface area (Å²) >= 11 is 4.54. The smallest absolute Gasteiger partial charge is 0.283 e. The SMILES string of the molecule is Cc1nc(N)sc1C(=O)N/N=C/c1ccccc1OCc1ccc(Br)cc1. The van der Waals surface area contributed by atoms with Crippen LogP contribution in [0.1, 0.15) is 26.5 Å². The number of nitrogens with two attached hydrogens (primary N) is 1. The van der Waals surface area contributed by atoms with Crippen LogP contribution in [0, 0.1) is 6.92 Å². The molecule has 3 rings (SSSR count). The fourth-order valence-corrected chi connectivity index (χ4v) is 3.29. The number of carbonyl (C=O) groups is 1. The van der Waals surface area contributed by atoms with E-state index in [1.54, 1.807) is 13.1 Å². The van der Waals surface area contributed by atoms with Crippen molar-refractivity contribution in [1.29, 1.82) is 0 Å². The van der Waals surface area contributed by atoms with Gasteiger partial charge in [0.2, 0.25) is 0 Å². The minimum Gasteiger partial charge on any atom is -0.488 e. The number of hydrogen-bond acceptors (Lipinski definition) is 6. The quantitative estimate of drug-likeness (QED) is 0.441. The summed E-state index contributed by atoms with van der Waals surface area (Å²) in [7, 11) is 0. The lowest BCUT2D eigenvalue weighted by molar-refractivity contribution is 0.0958. The Kier molecular flexibility index (Phi) is 6.20. The molecule has 1 amide bonds. The van der Waals surface area contributed by atoms with Gasteiger partial charge in [-0.05, 0) is 36.8 Å². The molecule has 0 radical (unpaired) electrons. The van der Waals surface area contributed by atoms with Crippen LogP contribution in [0.2, 0.25) is 0 Å². The first-order valence-corrected chi connectivity index (χ1v) is 9.66. The van der Waals surface area contributed by atoms with Gasteiger partial charge in [-0.2, -0.15) is 5.10 Å². The maximum absolute atomic E-state index is 12.1. The van der Waals surface area contributed by atoms with Crippen molar-refractivity contribution in [3.63, 3.8) is 0 Å². The molecule has 1 aromatic heterocycles. The molecule has 3 aromatic rings. The summed E-state index contributed by atoms with van der Waals surface area (Å²) in [5.41, 5.74) is 10.5. The van der Waals surface area contributed by atoms with E-state index in [1.807, 2.05) is 48.5 Å². The number of halogens is 1. The van der Waals surface area contributed by atoms with Crippen LogP contribution in [0.15, 0.2) is 58.1 Å². The van der Waals surface area contributed by atoms with Crippen LogP contribution >= 0.6 is 27.3 Å².